The molecule has 1 saturated heterocycles. The van der Waals surface area contributed by atoms with Crippen molar-refractivity contribution in [1.82, 2.24) is 9.80 Å². The largest absolute Gasteiger partial charge is 0.488 e. The summed E-state index contributed by atoms with van der Waals surface area (Å²) >= 11 is 0. The van der Waals surface area contributed by atoms with Crippen molar-refractivity contribution in [1.29, 1.82) is 0 Å². The van der Waals surface area contributed by atoms with Crippen LogP contribution in [0.5, 0.6) is 5.75 Å². The van der Waals surface area contributed by atoms with Crippen LogP contribution in [0, 0.1) is 5.92 Å². The molecule has 2 fully saturated rings. The summed E-state index contributed by atoms with van der Waals surface area (Å²) in [6, 6.07) is 18.1. The van der Waals surface area contributed by atoms with Crippen molar-refractivity contribution in [3.63, 3.8) is 0 Å². The van der Waals surface area contributed by atoms with Gasteiger partial charge in [-0.05, 0) is 75.4 Å². The van der Waals surface area contributed by atoms with E-state index in [2.05, 4.69) is 61.5 Å². The Balaban J connectivity index is 1.37. The van der Waals surface area contributed by atoms with Crippen LogP contribution in [-0.4, -0.2) is 66.1 Å². The Morgan fingerprint density at radius 3 is 2.46 bits per heavy atom. The lowest BCUT2D eigenvalue weighted by Gasteiger charge is -2.45. The average Bonchev–Trinajstić information content (AvgIpc) is 3.29. The predicted octanol–water partition coefficient (Wildman–Crippen LogP) is 3.27. The second kappa shape index (κ2) is 10.8. The Morgan fingerprint density at radius 1 is 1.11 bits per heavy atom. The van der Waals surface area contributed by atoms with Gasteiger partial charge in [0.05, 0.1) is 13.1 Å². The molecule has 2 atom stereocenters. The first-order chi connectivity index (χ1) is 16.8. The third-order valence-corrected chi connectivity index (χ3v) is 7.87. The number of amides is 1. The molecule has 1 amide bonds. The van der Waals surface area contributed by atoms with Crippen molar-refractivity contribution in [2.75, 3.05) is 27.2 Å². The Labute approximate surface area is 207 Å². The van der Waals surface area contributed by atoms with Crippen LogP contribution in [0.3, 0.4) is 0 Å². The molecule has 7 nitrogen and oxygen atoms in total. The molecule has 188 valence electrons. The molecule has 7 heteroatoms. The molecule has 0 spiro atoms. The Hall–Kier alpha value is -2.90. The zero-order valence-corrected chi connectivity index (χ0v) is 20.7. The van der Waals surface area contributed by atoms with Gasteiger partial charge in [0.15, 0.2) is 0 Å². The van der Waals surface area contributed by atoms with Crippen LogP contribution < -0.4 is 10.5 Å². The molecule has 1 heterocycles. The molecule has 0 unspecified atom stereocenters. The van der Waals surface area contributed by atoms with E-state index < -0.39 is 12.0 Å². The van der Waals surface area contributed by atoms with E-state index in [0.717, 1.165) is 37.9 Å². The summed E-state index contributed by atoms with van der Waals surface area (Å²) in [7, 11) is 4.38. The fourth-order valence-electron chi connectivity index (χ4n) is 5.88. The third-order valence-electron chi connectivity index (χ3n) is 7.87. The van der Waals surface area contributed by atoms with Gasteiger partial charge in [0.1, 0.15) is 17.9 Å². The van der Waals surface area contributed by atoms with Crippen LogP contribution in [0.4, 0.5) is 0 Å². The van der Waals surface area contributed by atoms with E-state index in [1.54, 1.807) is 0 Å². The first kappa shape index (κ1) is 25.2. The topological polar surface area (TPSA) is 96.1 Å². The normalized spacial score (nSPS) is 26.6. The number of hydrogen-bond donors (Lipinski definition) is 2. The maximum absolute atomic E-state index is 12.1. The minimum Gasteiger partial charge on any atom is -0.488 e. The van der Waals surface area contributed by atoms with Gasteiger partial charge < -0.3 is 20.5 Å². The van der Waals surface area contributed by atoms with Gasteiger partial charge in [-0.2, -0.15) is 0 Å². The van der Waals surface area contributed by atoms with E-state index in [0.29, 0.717) is 5.92 Å². The molecule has 2 aromatic carbocycles. The van der Waals surface area contributed by atoms with Crippen LogP contribution >= 0.6 is 0 Å². The highest BCUT2D eigenvalue weighted by atomic mass is 16.5. The molecular formula is C28H37N3O4. The second-order valence-electron chi connectivity index (χ2n) is 10.2. The molecule has 3 N–H and O–H groups in total. The smallest absolute Gasteiger partial charge is 0.326 e. The fourth-order valence-corrected chi connectivity index (χ4v) is 5.88. The number of rotatable bonds is 8. The maximum Gasteiger partial charge on any atom is 0.326 e. The first-order valence-electron chi connectivity index (χ1n) is 12.5. The number of carbonyl (C=O) groups excluding carboxylic acids is 1. The van der Waals surface area contributed by atoms with Crippen molar-refractivity contribution in [2.24, 2.45) is 11.7 Å². The lowest BCUT2D eigenvalue weighted by molar-refractivity contribution is -0.147. The highest BCUT2D eigenvalue weighted by molar-refractivity contribution is 5.85. The SMILES string of the molecule is CN(C)C1(c2ccccc2)CCC(Cc2cccc(O[C@H]3C[C@@H](C(=O)O)N(C(=O)CN)C3)c2)CC1. The maximum atomic E-state index is 12.1. The number of hydrogen-bond acceptors (Lipinski definition) is 5. The molecule has 1 aliphatic carbocycles. The Bertz CT molecular complexity index is 1020. The van der Waals surface area contributed by atoms with Gasteiger partial charge >= 0.3 is 5.97 Å². The van der Waals surface area contributed by atoms with Gasteiger partial charge in [0, 0.05) is 12.0 Å². The minimum absolute atomic E-state index is 0.0959. The van der Waals surface area contributed by atoms with Gasteiger partial charge in [0.2, 0.25) is 5.91 Å². The van der Waals surface area contributed by atoms with Gasteiger partial charge in [-0.15, -0.1) is 0 Å². The highest BCUT2D eigenvalue weighted by Crippen LogP contribution is 2.43. The molecule has 4 rings (SSSR count). The van der Waals surface area contributed by atoms with Crippen molar-refractivity contribution in [3.8, 4) is 5.75 Å². The van der Waals surface area contributed by atoms with E-state index in [9.17, 15) is 14.7 Å². The molecular weight excluding hydrogens is 442 g/mol. The van der Waals surface area contributed by atoms with E-state index in [1.807, 2.05) is 12.1 Å². The van der Waals surface area contributed by atoms with Crippen molar-refractivity contribution in [2.45, 2.75) is 56.2 Å². The molecule has 0 bridgehead atoms. The highest BCUT2D eigenvalue weighted by Gasteiger charge is 2.41. The summed E-state index contributed by atoms with van der Waals surface area (Å²) in [4.78, 5) is 27.4. The minimum atomic E-state index is -1.02. The predicted molar refractivity (Wildman–Crippen MR) is 135 cm³/mol. The van der Waals surface area contributed by atoms with E-state index >= 15 is 0 Å². The Morgan fingerprint density at radius 2 is 1.83 bits per heavy atom. The average molecular weight is 480 g/mol. The third kappa shape index (κ3) is 5.52. The van der Waals surface area contributed by atoms with Crippen LogP contribution in [0.2, 0.25) is 0 Å². The zero-order chi connectivity index (χ0) is 25.0. The molecule has 0 aromatic heterocycles. The van der Waals surface area contributed by atoms with Crippen LogP contribution in [-0.2, 0) is 21.5 Å². The summed E-state index contributed by atoms with van der Waals surface area (Å²) < 4.78 is 6.13. The van der Waals surface area contributed by atoms with E-state index in [1.165, 1.54) is 16.0 Å². The van der Waals surface area contributed by atoms with Crippen LogP contribution in [0.25, 0.3) is 0 Å². The molecule has 1 aliphatic heterocycles. The molecule has 35 heavy (non-hydrogen) atoms. The molecule has 2 aliphatic rings. The second-order valence-corrected chi connectivity index (χ2v) is 10.2. The summed E-state index contributed by atoms with van der Waals surface area (Å²) in [6.45, 7) is 0.0404. The van der Waals surface area contributed by atoms with Crippen molar-refractivity contribution < 1.29 is 19.4 Å². The van der Waals surface area contributed by atoms with Crippen molar-refractivity contribution >= 4 is 11.9 Å². The monoisotopic (exact) mass is 479 g/mol. The van der Waals surface area contributed by atoms with Gasteiger partial charge in [-0.3, -0.25) is 9.69 Å². The first-order valence-corrected chi connectivity index (χ1v) is 12.5. The summed E-state index contributed by atoms with van der Waals surface area (Å²) in [5.41, 5.74) is 8.18. The number of nitrogens with zero attached hydrogens (tertiary/aromatic N) is 2. The van der Waals surface area contributed by atoms with Gasteiger partial charge in [0.25, 0.3) is 0 Å². The number of nitrogens with two attached hydrogens (primary N) is 1. The van der Waals surface area contributed by atoms with Gasteiger partial charge in [-0.1, -0.05) is 42.5 Å². The number of likely N-dealkylation sites (tertiary alicyclic amines) is 1. The standard InChI is InChI=1S/C28H37N3O4/c1-30(2)28(22-8-4-3-5-9-22)13-11-20(12-14-28)15-21-7-6-10-23(16-21)35-24-17-25(27(33)34)31(19-24)26(32)18-29/h3-10,16,20,24-25H,11-15,17-19,29H2,1-2H3,(H,33,34)/t20?,24-,25-,28?/m0/s1. The molecule has 1 saturated carbocycles. The zero-order valence-electron chi connectivity index (χ0n) is 20.7. The Kier molecular flexibility index (Phi) is 7.77. The number of carboxylic acid groups (broad SMARTS) is 1. The van der Waals surface area contributed by atoms with Crippen molar-refractivity contribution in [3.05, 3.63) is 65.7 Å². The van der Waals surface area contributed by atoms with Crippen LogP contribution in [0.15, 0.2) is 54.6 Å². The number of ether oxygens (including phenoxy) is 1. The summed E-state index contributed by atoms with van der Waals surface area (Å²) in [5.74, 6) is -0.0453. The molecule has 0 radical (unpaired) electrons. The van der Waals surface area contributed by atoms with E-state index in [4.69, 9.17) is 10.5 Å². The number of carboxylic acids is 1. The number of benzene rings is 2. The van der Waals surface area contributed by atoms with Crippen LogP contribution in [0.1, 0.15) is 43.2 Å². The number of carbonyl (C=O) groups is 2. The number of aliphatic carboxylic acids is 1. The quantitative estimate of drug-likeness (QED) is 0.603. The molecule has 2 aromatic rings. The lowest BCUT2D eigenvalue weighted by atomic mass is 9.70. The fraction of sp³-hybridized carbons (Fsp3) is 0.500. The van der Waals surface area contributed by atoms with E-state index in [-0.39, 0.29) is 37.1 Å². The summed E-state index contributed by atoms with van der Waals surface area (Å²) in [5, 5.41) is 9.49. The van der Waals surface area contributed by atoms with Gasteiger partial charge in [-0.25, -0.2) is 4.79 Å². The lowest BCUT2D eigenvalue weighted by Crippen LogP contribution is -2.44. The summed E-state index contributed by atoms with van der Waals surface area (Å²) in [6.07, 6.45) is 5.50.